The molecule has 2 heterocycles. The van der Waals surface area contributed by atoms with Crippen LogP contribution in [0.15, 0.2) is 23.5 Å². The van der Waals surface area contributed by atoms with E-state index in [1.807, 2.05) is 13.8 Å². The zero-order chi connectivity index (χ0) is 15.2. The summed E-state index contributed by atoms with van der Waals surface area (Å²) in [6.45, 7) is 5.32. The average Bonchev–Trinajstić information content (AvgIpc) is 2.94. The van der Waals surface area contributed by atoms with Gasteiger partial charge in [-0.3, -0.25) is 4.99 Å². The van der Waals surface area contributed by atoms with E-state index in [2.05, 4.69) is 9.98 Å². The Morgan fingerprint density at radius 3 is 3.05 bits per heavy atom. The third kappa shape index (κ3) is 4.44. The monoisotopic (exact) mass is 309 g/mol. The molecule has 0 saturated carbocycles. The van der Waals surface area contributed by atoms with Gasteiger partial charge in [0.05, 0.1) is 18.8 Å². The van der Waals surface area contributed by atoms with Crippen LogP contribution >= 0.6 is 11.6 Å². The van der Waals surface area contributed by atoms with Gasteiger partial charge >= 0.3 is 0 Å². The van der Waals surface area contributed by atoms with Crippen LogP contribution in [0.4, 0.5) is 0 Å². The second-order valence-corrected chi connectivity index (χ2v) is 5.47. The Kier molecular flexibility index (Phi) is 5.59. The van der Waals surface area contributed by atoms with Crippen molar-refractivity contribution in [3.05, 3.63) is 29.2 Å². The summed E-state index contributed by atoms with van der Waals surface area (Å²) < 4.78 is 11.1. The zero-order valence-electron chi connectivity index (χ0n) is 12.3. The van der Waals surface area contributed by atoms with E-state index in [0.717, 1.165) is 24.2 Å². The van der Waals surface area contributed by atoms with Gasteiger partial charge in [0.1, 0.15) is 10.9 Å². The Hall–Kier alpha value is -1.59. The summed E-state index contributed by atoms with van der Waals surface area (Å²) in [4.78, 5) is 8.60. The Morgan fingerprint density at radius 2 is 2.43 bits per heavy atom. The van der Waals surface area contributed by atoms with Crippen LogP contribution in [0.3, 0.4) is 0 Å². The van der Waals surface area contributed by atoms with Crippen LogP contribution in [0.1, 0.15) is 25.8 Å². The lowest BCUT2D eigenvalue weighted by Crippen LogP contribution is -2.09. The van der Waals surface area contributed by atoms with Crippen LogP contribution in [-0.2, 0) is 4.74 Å². The summed E-state index contributed by atoms with van der Waals surface area (Å²) in [5, 5.41) is 0.381. The summed E-state index contributed by atoms with van der Waals surface area (Å²) in [6, 6.07) is 1.88. The van der Waals surface area contributed by atoms with Crippen molar-refractivity contribution in [2.75, 3.05) is 13.2 Å². The fourth-order valence-electron chi connectivity index (χ4n) is 2.01. The molecule has 0 aliphatic carbocycles. The topological polar surface area (TPSA) is 69.7 Å². The van der Waals surface area contributed by atoms with Crippen molar-refractivity contribution in [1.29, 1.82) is 0 Å². The van der Waals surface area contributed by atoms with Crippen LogP contribution in [0, 0.1) is 0 Å². The minimum absolute atomic E-state index is 0.0291. The average molecular weight is 310 g/mol. The van der Waals surface area contributed by atoms with Gasteiger partial charge in [0, 0.05) is 42.4 Å². The van der Waals surface area contributed by atoms with E-state index in [4.69, 9.17) is 26.8 Å². The first-order chi connectivity index (χ1) is 10.1. The van der Waals surface area contributed by atoms with Gasteiger partial charge in [-0.05, 0) is 20.3 Å². The SMILES string of the molecule is CC(C)Oc1cc(Cl)ncc1/C(C=NC1CCOC1)=C/N. The first-order valence-corrected chi connectivity index (χ1v) is 7.33. The Balaban J connectivity index is 2.24. The molecule has 0 spiro atoms. The highest BCUT2D eigenvalue weighted by molar-refractivity contribution is 6.29. The molecule has 21 heavy (non-hydrogen) atoms. The minimum Gasteiger partial charge on any atom is -0.490 e. The number of allylic oxidation sites excluding steroid dienone is 1. The number of nitrogens with two attached hydrogens (primary N) is 1. The van der Waals surface area contributed by atoms with E-state index in [1.54, 1.807) is 18.5 Å². The van der Waals surface area contributed by atoms with E-state index in [-0.39, 0.29) is 12.1 Å². The number of aromatic nitrogens is 1. The molecule has 0 radical (unpaired) electrons. The predicted octanol–water partition coefficient (Wildman–Crippen LogP) is 2.68. The summed E-state index contributed by atoms with van der Waals surface area (Å²) in [7, 11) is 0. The van der Waals surface area contributed by atoms with Crippen molar-refractivity contribution >= 4 is 23.4 Å². The molecule has 1 aromatic rings. The lowest BCUT2D eigenvalue weighted by Gasteiger charge is -2.14. The molecule has 5 nitrogen and oxygen atoms in total. The Morgan fingerprint density at radius 1 is 1.62 bits per heavy atom. The van der Waals surface area contributed by atoms with E-state index < -0.39 is 0 Å². The van der Waals surface area contributed by atoms with Gasteiger partial charge < -0.3 is 15.2 Å². The highest BCUT2D eigenvalue weighted by Gasteiger charge is 2.15. The highest BCUT2D eigenvalue weighted by Crippen LogP contribution is 2.27. The van der Waals surface area contributed by atoms with Gasteiger partial charge in [-0.2, -0.15) is 0 Å². The number of rotatable bonds is 5. The third-order valence-electron chi connectivity index (χ3n) is 3.02. The molecule has 0 aromatic carbocycles. The number of halogens is 1. The Bertz CT molecular complexity index is 538. The van der Waals surface area contributed by atoms with E-state index in [0.29, 0.717) is 17.5 Å². The standard InChI is InChI=1S/C15H20ClN3O2/c1-10(2)21-14-5-15(16)19-8-13(14)11(6-17)7-18-12-3-4-20-9-12/h5-8,10,12H,3-4,9,17H2,1-2H3/b11-6+,18-7?. The lowest BCUT2D eigenvalue weighted by atomic mass is 10.1. The first kappa shape index (κ1) is 15.8. The van der Waals surface area contributed by atoms with Gasteiger partial charge in [-0.25, -0.2) is 4.98 Å². The molecule has 1 unspecified atom stereocenters. The van der Waals surface area contributed by atoms with Crippen molar-refractivity contribution in [2.45, 2.75) is 32.4 Å². The van der Waals surface area contributed by atoms with Crippen LogP contribution in [-0.4, -0.2) is 36.6 Å². The molecular weight excluding hydrogens is 290 g/mol. The molecule has 114 valence electrons. The van der Waals surface area contributed by atoms with Crippen LogP contribution in [0.25, 0.3) is 5.57 Å². The molecule has 1 aliphatic heterocycles. The molecule has 1 fully saturated rings. The molecule has 0 bridgehead atoms. The van der Waals surface area contributed by atoms with Crippen LogP contribution < -0.4 is 10.5 Å². The molecule has 1 aromatic heterocycles. The number of hydrogen-bond acceptors (Lipinski definition) is 5. The number of hydrogen-bond donors (Lipinski definition) is 1. The predicted molar refractivity (Wildman–Crippen MR) is 84.9 cm³/mol. The van der Waals surface area contributed by atoms with Gasteiger partial charge in [0.25, 0.3) is 0 Å². The van der Waals surface area contributed by atoms with Crippen LogP contribution in [0.5, 0.6) is 5.75 Å². The third-order valence-corrected chi connectivity index (χ3v) is 3.22. The number of aliphatic imine (C=N–C) groups is 1. The van der Waals surface area contributed by atoms with Crippen molar-refractivity contribution in [2.24, 2.45) is 10.7 Å². The molecule has 6 heteroatoms. The smallest absolute Gasteiger partial charge is 0.132 e. The Labute approximate surface area is 129 Å². The van der Waals surface area contributed by atoms with E-state index in [9.17, 15) is 0 Å². The second-order valence-electron chi connectivity index (χ2n) is 5.09. The largest absolute Gasteiger partial charge is 0.490 e. The highest BCUT2D eigenvalue weighted by atomic mass is 35.5. The molecule has 2 rings (SSSR count). The number of nitrogens with zero attached hydrogens (tertiary/aromatic N) is 2. The molecule has 0 amide bonds. The number of ether oxygens (including phenoxy) is 2. The summed E-state index contributed by atoms with van der Waals surface area (Å²) in [5.74, 6) is 0.649. The fourth-order valence-corrected chi connectivity index (χ4v) is 2.16. The van der Waals surface area contributed by atoms with E-state index in [1.165, 1.54) is 6.20 Å². The van der Waals surface area contributed by atoms with Crippen molar-refractivity contribution in [1.82, 2.24) is 4.98 Å². The van der Waals surface area contributed by atoms with E-state index >= 15 is 0 Å². The maximum atomic E-state index is 5.94. The fraction of sp³-hybridized carbons (Fsp3) is 0.467. The van der Waals surface area contributed by atoms with Crippen LogP contribution in [0.2, 0.25) is 5.15 Å². The molecular formula is C15H20ClN3O2. The van der Waals surface area contributed by atoms with Gasteiger partial charge in [-0.15, -0.1) is 0 Å². The molecule has 1 aliphatic rings. The maximum Gasteiger partial charge on any atom is 0.132 e. The van der Waals surface area contributed by atoms with Crippen molar-refractivity contribution in [3.63, 3.8) is 0 Å². The van der Waals surface area contributed by atoms with Gasteiger partial charge in [0.2, 0.25) is 0 Å². The lowest BCUT2D eigenvalue weighted by molar-refractivity contribution is 0.194. The zero-order valence-corrected chi connectivity index (χ0v) is 13.0. The van der Waals surface area contributed by atoms with Gasteiger partial charge in [0.15, 0.2) is 0 Å². The maximum absolute atomic E-state index is 5.94. The second kappa shape index (κ2) is 7.43. The normalized spacial score (nSPS) is 19.6. The summed E-state index contributed by atoms with van der Waals surface area (Å²) in [5.41, 5.74) is 7.25. The summed E-state index contributed by atoms with van der Waals surface area (Å²) in [6.07, 6.45) is 5.86. The van der Waals surface area contributed by atoms with Crippen molar-refractivity contribution < 1.29 is 9.47 Å². The quantitative estimate of drug-likeness (QED) is 0.670. The first-order valence-electron chi connectivity index (χ1n) is 6.95. The van der Waals surface area contributed by atoms with Crippen molar-refractivity contribution in [3.8, 4) is 5.75 Å². The summed E-state index contributed by atoms with van der Waals surface area (Å²) >= 11 is 5.94. The number of pyridine rings is 1. The minimum atomic E-state index is 0.0291. The van der Waals surface area contributed by atoms with Gasteiger partial charge in [-0.1, -0.05) is 11.6 Å². The molecule has 1 saturated heterocycles. The molecule has 1 atom stereocenters. The molecule has 2 N–H and O–H groups in total.